The first kappa shape index (κ1) is 18.4. The first-order valence-electron chi connectivity index (χ1n) is 10.1. The van der Waals surface area contributed by atoms with Gasteiger partial charge in [0.25, 0.3) is 0 Å². The first-order valence-corrected chi connectivity index (χ1v) is 10.1. The number of rotatable bonds is 5. The van der Waals surface area contributed by atoms with Gasteiger partial charge in [0.2, 0.25) is 5.88 Å². The van der Waals surface area contributed by atoms with E-state index in [1.165, 1.54) is 6.33 Å². The molecule has 4 aromatic heterocycles. The second-order valence-electron chi connectivity index (χ2n) is 7.21. The average Bonchev–Trinajstić information content (AvgIpc) is 3.40. The lowest BCUT2D eigenvalue weighted by atomic mass is 10.3. The van der Waals surface area contributed by atoms with Crippen molar-refractivity contribution in [2.45, 2.75) is 32.9 Å². The van der Waals surface area contributed by atoms with E-state index in [0.717, 1.165) is 48.2 Å². The zero-order valence-electron chi connectivity index (χ0n) is 16.9. The van der Waals surface area contributed by atoms with Gasteiger partial charge >= 0.3 is 0 Å². The van der Waals surface area contributed by atoms with Gasteiger partial charge in [0.15, 0.2) is 11.2 Å². The van der Waals surface area contributed by atoms with Gasteiger partial charge in [0.05, 0.1) is 12.1 Å². The van der Waals surface area contributed by atoms with Crippen LogP contribution in [0.5, 0.6) is 5.88 Å². The van der Waals surface area contributed by atoms with Crippen LogP contribution in [0, 0.1) is 6.92 Å². The summed E-state index contributed by atoms with van der Waals surface area (Å²) in [6.45, 7) is 6.29. The highest BCUT2D eigenvalue weighted by Crippen LogP contribution is 2.29. The van der Waals surface area contributed by atoms with Gasteiger partial charge in [-0.15, -0.1) is 0 Å². The fraction of sp³-hybridized carbons (Fsp3) is 0.333. The Balaban J connectivity index is 1.45. The minimum absolute atomic E-state index is 0.0167. The van der Waals surface area contributed by atoms with Crippen LogP contribution in [-0.2, 0) is 6.54 Å². The molecule has 9 heteroatoms. The fourth-order valence-corrected chi connectivity index (χ4v) is 3.76. The van der Waals surface area contributed by atoms with E-state index < -0.39 is 0 Å². The first-order chi connectivity index (χ1) is 14.7. The Morgan fingerprint density at radius 3 is 2.73 bits per heavy atom. The molecule has 152 valence electrons. The topological polar surface area (TPSA) is 94.7 Å². The number of aryl methyl sites for hydroxylation is 2. The molecule has 0 N–H and O–H groups in total. The van der Waals surface area contributed by atoms with E-state index in [1.54, 1.807) is 12.4 Å². The molecular weight excluding hydrogens is 380 g/mol. The number of hydrogen-bond acceptors (Lipinski definition) is 8. The Kier molecular flexibility index (Phi) is 4.70. The summed E-state index contributed by atoms with van der Waals surface area (Å²) in [5.41, 5.74) is 2.25. The molecule has 0 radical (unpaired) electrons. The van der Waals surface area contributed by atoms with Crippen LogP contribution >= 0.6 is 0 Å². The molecule has 0 spiro atoms. The molecule has 0 saturated carbocycles. The summed E-state index contributed by atoms with van der Waals surface area (Å²) in [6.07, 6.45) is 7.83. The molecule has 1 atom stereocenters. The van der Waals surface area contributed by atoms with Crippen LogP contribution in [0.15, 0.2) is 43.1 Å². The van der Waals surface area contributed by atoms with Crippen molar-refractivity contribution in [3.05, 3.63) is 48.9 Å². The quantitative estimate of drug-likeness (QED) is 0.503. The van der Waals surface area contributed by atoms with E-state index in [-0.39, 0.29) is 6.10 Å². The zero-order chi connectivity index (χ0) is 20.5. The van der Waals surface area contributed by atoms with Gasteiger partial charge in [-0.05, 0) is 26.0 Å². The smallest absolute Gasteiger partial charge is 0.245 e. The highest BCUT2D eigenvalue weighted by molar-refractivity contribution is 5.81. The second-order valence-corrected chi connectivity index (χ2v) is 7.21. The summed E-state index contributed by atoms with van der Waals surface area (Å²) in [5, 5.41) is 0. The van der Waals surface area contributed by atoms with Crippen LogP contribution in [0.1, 0.15) is 19.2 Å². The minimum atomic E-state index is 0.0167. The number of pyridine rings is 1. The van der Waals surface area contributed by atoms with Crippen LogP contribution < -0.4 is 9.64 Å². The van der Waals surface area contributed by atoms with E-state index >= 15 is 0 Å². The van der Waals surface area contributed by atoms with E-state index in [4.69, 9.17) is 9.72 Å². The molecule has 30 heavy (non-hydrogen) atoms. The minimum Gasteiger partial charge on any atom is -0.471 e. The number of ether oxygens (including phenoxy) is 1. The molecule has 0 bridgehead atoms. The molecule has 1 aliphatic rings. The third-order valence-corrected chi connectivity index (χ3v) is 5.25. The van der Waals surface area contributed by atoms with Crippen LogP contribution in [0.2, 0.25) is 0 Å². The van der Waals surface area contributed by atoms with Gasteiger partial charge in [-0.2, -0.15) is 4.98 Å². The summed E-state index contributed by atoms with van der Waals surface area (Å²) in [5.74, 6) is 2.96. The van der Waals surface area contributed by atoms with Gasteiger partial charge in [-0.1, -0.05) is 6.07 Å². The average molecular weight is 402 g/mol. The summed E-state index contributed by atoms with van der Waals surface area (Å²) >= 11 is 0. The van der Waals surface area contributed by atoms with Crippen molar-refractivity contribution in [2.75, 3.05) is 18.0 Å². The molecule has 9 nitrogen and oxygen atoms in total. The van der Waals surface area contributed by atoms with Gasteiger partial charge in [0, 0.05) is 38.1 Å². The fourth-order valence-electron chi connectivity index (χ4n) is 3.76. The molecule has 4 aromatic rings. The highest BCUT2D eigenvalue weighted by atomic mass is 16.5. The molecule has 0 aliphatic carbocycles. The van der Waals surface area contributed by atoms with Crippen LogP contribution in [0.4, 0.5) is 5.82 Å². The van der Waals surface area contributed by atoms with E-state index in [1.807, 2.05) is 35.9 Å². The van der Waals surface area contributed by atoms with Gasteiger partial charge in [-0.3, -0.25) is 0 Å². The summed E-state index contributed by atoms with van der Waals surface area (Å²) < 4.78 is 8.31. The van der Waals surface area contributed by atoms with Gasteiger partial charge in [0.1, 0.15) is 29.9 Å². The molecule has 1 unspecified atom stereocenters. The van der Waals surface area contributed by atoms with Crippen molar-refractivity contribution in [1.29, 1.82) is 0 Å². The largest absolute Gasteiger partial charge is 0.471 e. The van der Waals surface area contributed by atoms with Crippen molar-refractivity contribution >= 4 is 17.0 Å². The third-order valence-electron chi connectivity index (χ3n) is 5.25. The Morgan fingerprint density at radius 1 is 1.10 bits per heavy atom. The van der Waals surface area contributed by atoms with E-state index in [0.29, 0.717) is 17.9 Å². The number of imidazole rings is 1. The Morgan fingerprint density at radius 2 is 1.97 bits per heavy atom. The van der Waals surface area contributed by atoms with Crippen molar-refractivity contribution in [3.63, 3.8) is 0 Å². The van der Waals surface area contributed by atoms with E-state index in [9.17, 15) is 0 Å². The Labute approximate surface area is 173 Å². The molecular formula is C21H22N8O. The monoisotopic (exact) mass is 402 g/mol. The zero-order valence-corrected chi connectivity index (χ0v) is 16.9. The lowest BCUT2D eigenvalue weighted by Gasteiger charge is -2.17. The highest BCUT2D eigenvalue weighted by Gasteiger charge is 2.27. The standard InChI is InChI=1S/C21H22N8O/c1-3-29-19(15-10-23-14(2)24-11-15)27-18-20(29)25-13-26-21(18)30-16-7-9-28(12-16)17-6-4-5-8-22-17/h4-6,8,10-11,13,16H,3,7,9,12H2,1-2H3. The third kappa shape index (κ3) is 3.32. The molecule has 1 aliphatic heterocycles. The van der Waals surface area contributed by atoms with Crippen LogP contribution in [-0.4, -0.2) is 53.7 Å². The number of nitrogens with zero attached hydrogens (tertiary/aromatic N) is 8. The van der Waals surface area contributed by atoms with Gasteiger partial charge < -0.3 is 14.2 Å². The molecule has 5 heterocycles. The number of fused-ring (bicyclic) bond motifs is 1. The maximum absolute atomic E-state index is 6.28. The molecule has 0 aromatic carbocycles. The predicted octanol–water partition coefficient (Wildman–Crippen LogP) is 2.66. The van der Waals surface area contributed by atoms with Crippen molar-refractivity contribution in [1.82, 2.24) is 34.5 Å². The maximum atomic E-state index is 6.28. The van der Waals surface area contributed by atoms with Crippen molar-refractivity contribution in [2.24, 2.45) is 0 Å². The lowest BCUT2D eigenvalue weighted by molar-refractivity contribution is 0.218. The predicted molar refractivity (Wildman–Crippen MR) is 112 cm³/mol. The molecule has 5 rings (SSSR count). The second kappa shape index (κ2) is 7.66. The maximum Gasteiger partial charge on any atom is 0.245 e. The number of hydrogen-bond donors (Lipinski definition) is 0. The molecule has 1 saturated heterocycles. The Bertz CT molecular complexity index is 1160. The number of anilines is 1. The molecule has 1 fully saturated rings. The number of aromatic nitrogens is 7. The van der Waals surface area contributed by atoms with E-state index in [2.05, 4.69) is 36.7 Å². The lowest BCUT2D eigenvalue weighted by Crippen LogP contribution is -2.25. The van der Waals surface area contributed by atoms with Crippen molar-refractivity contribution in [3.8, 4) is 17.3 Å². The SMILES string of the molecule is CCn1c(-c2cnc(C)nc2)nc2c(OC3CCN(c4ccccn4)C3)ncnc21. The summed E-state index contributed by atoms with van der Waals surface area (Å²) in [7, 11) is 0. The Hall–Kier alpha value is -3.62. The normalized spacial score (nSPS) is 16.3. The van der Waals surface area contributed by atoms with Crippen molar-refractivity contribution < 1.29 is 4.74 Å². The summed E-state index contributed by atoms with van der Waals surface area (Å²) in [6, 6.07) is 5.94. The summed E-state index contributed by atoms with van der Waals surface area (Å²) in [4.78, 5) is 28.9. The van der Waals surface area contributed by atoms with Gasteiger partial charge in [-0.25, -0.2) is 24.9 Å². The van der Waals surface area contributed by atoms with Crippen LogP contribution in [0.3, 0.4) is 0 Å². The van der Waals surface area contributed by atoms with Crippen LogP contribution in [0.25, 0.3) is 22.6 Å². The molecule has 0 amide bonds.